The third-order valence-electron chi connectivity index (χ3n) is 4.47. The van der Waals surface area contributed by atoms with E-state index in [1.54, 1.807) is 10.8 Å². The Kier molecular flexibility index (Phi) is 4.60. The summed E-state index contributed by atoms with van der Waals surface area (Å²) in [6, 6.07) is 6.09. The highest BCUT2D eigenvalue weighted by Gasteiger charge is 2.21. The number of nitrogens with one attached hydrogen (secondary N) is 1. The van der Waals surface area contributed by atoms with Crippen LogP contribution < -0.4 is 15.7 Å². The van der Waals surface area contributed by atoms with Crippen LogP contribution >= 0.6 is 0 Å². The Labute approximate surface area is 142 Å². The second kappa shape index (κ2) is 6.67. The van der Waals surface area contributed by atoms with Gasteiger partial charge in [0.25, 0.3) is 0 Å². The number of aromatic nitrogens is 2. The summed E-state index contributed by atoms with van der Waals surface area (Å²) in [6.07, 6.45) is 4.76. The van der Waals surface area contributed by atoms with Gasteiger partial charge in [-0.3, -0.25) is 4.57 Å². The normalized spacial score (nSPS) is 13.7. The lowest BCUT2D eigenvalue weighted by molar-refractivity contribution is 0.381. The third-order valence-corrected chi connectivity index (χ3v) is 4.47. The van der Waals surface area contributed by atoms with Gasteiger partial charge in [0.05, 0.1) is 11.9 Å². The topological polar surface area (TPSA) is 56.2 Å². The second-order valence-electron chi connectivity index (χ2n) is 6.90. The van der Waals surface area contributed by atoms with Gasteiger partial charge in [0, 0.05) is 6.04 Å². The molecule has 128 valence electrons. The maximum Gasteiger partial charge on any atom is 0.350 e. The predicted molar refractivity (Wildman–Crippen MR) is 96.4 cm³/mol. The van der Waals surface area contributed by atoms with Crippen molar-refractivity contribution >= 4 is 11.5 Å². The van der Waals surface area contributed by atoms with E-state index in [0.717, 1.165) is 36.3 Å². The van der Waals surface area contributed by atoms with Crippen LogP contribution in [0.2, 0.25) is 0 Å². The van der Waals surface area contributed by atoms with Crippen LogP contribution in [-0.4, -0.2) is 9.55 Å². The van der Waals surface area contributed by atoms with Crippen LogP contribution in [-0.2, 0) is 0 Å². The molecular formula is C19H25N3O2. The van der Waals surface area contributed by atoms with E-state index >= 15 is 0 Å². The molecule has 2 aromatic rings. The van der Waals surface area contributed by atoms with Crippen LogP contribution in [0.5, 0.6) is 11.5 Å². The van der Waals surface area contributed by atoms with E-state index < -0.39 is 0 Å². The highest BCUT2D eigenvalue weighted by atomic mass is 16.5. The maximum absolute atomic E-state index is 12.5. The third kappa shape index (κ3) is 3.30. The van der Waals surface area contributed by atoms with Gasteiger partial charge in [0.2, 0.25) is 0 Å². The smallest absolute Gasteiger partial charge is 0.350 e. The van der Waals surface area contributed by atoms with Crippen LogP contribution in [0.1, 0.15) is 51.6 Å². The van der Waals surface area contributed by atoms with Crippen LogP contribution in [0.25, 0.3) is 0 Å². The fourth-order valence-electron chi connectivity index (χ4n) is 3.02. The molecule has 1 aliphatic rings. The van der Waals surface area contributed by atoms with Crippen molar-refractivity contribution in [3.05, 3.63) is 40.4 Å². The largest absolute Gasteiger partial charge is 0.450 e. The molecule has 3 rings (SSSR count). The molecule has 1 aliphatic heterocycles. The summed E-state index contributed by atoms with van der Waals surface area (Å²) in [5.41, 5.74) is 1.75. The minimum atomic E-state index is -0.225. The molecule has 0 radical (unpaired) electrons. The van der Waals surface area contributed by atoms with Gasteiger partial charge in [0.1, 0.15) is 0 Å². The zero-order valence-corrected chi connectivity index (χ0v) is 14.8. The van der Waals surface area contributed by atoms with Crippen LogP contribution in [0.15, 0.2) is 29.2 Å². The van der Waals surface area contributed by atoms with E-state index in [9.17, 15) is 4.79 Å². The first kappa shape index (κ1) is 16.6. The fraction of sp³-hybridized carbons (Fsp3) is 0.474. The lowest BCUT2D eigenvalue weighted by atomic mass is 10.0. The average Bonchev–Trinajstić information content (AvgIpc) is 2.53. The first-order chi connectivity index (χ1) is 11.5. The Morgan fingerprint density at radius 1 is 1.25 bits per heavy atom. The minimum absolute atomic E-state index is 0.153. The molecule has 1 aromatic carbocycles. The highest BCUT2D eigenvalue weighted by molar-refractivity contribution is 5.72. The van der Waals surface area contributed by atoms with Crippen molar-refractivity contribution in [1.29, 1.82) is 0 Å². The Bertz CT molecular complexity index is 796. The van der Waals surface area contributed by atoms with Gasteiger partial charge in [-0.2, -0.15) is 4.98 Å². The number of ether oxygens (including phenoxy) is 1. The number of hydrogen-bond acceptors (Lipinski definition) is 4. The number of hydrogen-bond donors (Lipinski definition) is 1. The first-order valence-electron chi connectivity index (χ1n) is 8.66. The Morgan fingerprint density at radius 3 is 2.75 bits per heavy atom. The van der Waals surface area contributed by atoms with Crippen molar-refractivity contribution in [2.24, 2.45) is 5.92 Å². The monoisotopic (exact) mass is 327 g/mol. The Balaban J connectivity index is 1.92. The Morgan fingerprint density at radius 2 is 2.04 bits per heavy atom. The van der Waals surface area contributed by atoms with Gasteiger partial charge in [0.15, 0.2) is 17.3 Å². The average molecular weight is 327 g/mol. The van der Waals surface area contributed by atoms with Crippen molar-refractivity contribution in [3.8, 4) is 11.5 Å². The molecule has 24 heavy (non-hydrogen) atoms. The van der Waals surface area contributed by atoms with Crippen molar-refractivity contribution in [2.75, 3.05) is 5.32 Å². The molecule has 1 N–H and O–H groups in total. The van der Waals surface area contributed by atoms with Crippen LogP contribution in [0.4, 0.5) is 11.5 Å². The van der Waals surface area contributed by atoms with E-state index in [2.05, 4.69) is 31.1 Å². The predicted octanol–water partition coefficient (Wildman–Crippen LogP) is 4.79. The molecule has 2 heterocycles. The number of nitrogens with zero attached hydrogens (tertiary/aromatic N) is 2. The molecule has 0 saturated carbocycles. The molecule has 0 saturated heterocycles. The van der Waals surface area contributed by atoms with E-state index in [1.165, 1.54) is 0 Å². The summed E-state index contributed by atoms with van der Waals surface area (Å²) >= 11 is 0. The second-order valence-corrected chi connectivity index (χ2v) is 6.90. The maximum atomic E-state index is 12.5. The van der Waals surface area contributed by atoms with E-state index in [4.69, 9.17) is 4.74 Å². The number of benzene rings is 1. The zero-order valence-electron chi connectivity index (χ0n) is 14.8. The van der Waals surface area contributed by atoms with Crippen molar-refractivity contribution < 1.29 is 4.74 Å². The van der Waals surface area contributed by atoms with Crippen molar-refractivity contribution in [3.63, 3.8) is 0 Å². The van der Waals surface area contributed by atoms with Gasteiger partial charge in [-0.05, 0) is 49.8 Å². The number of fused-ring (bicyclic) bond motifs is 2. The fourth-order valence-corrected chi connectivity index (χ4v) is 3.02. The van der Waals surface area contributed by atoms with E-state index in [-0.39, 0.29) is 11.7 Å². The van der Waals surface area contributed by atoms with Gasteiger partial charge >= 0.3 is 5.69 Å². The number of aryl methyl sites for hydroxylation is 1. The zero-order chi connectivity index (χ0) is 17.3. The molecule has 1 aromatic heterocycles. The Hall–Kier alpha value is -2.30. The summed E-state index contributed by atoms with van der Waals surface area (Å²) < 4.78 is 7.69. The quantitative estimate of drug-likeness (QED) is 0.732. The van der Waals surface area contributed by atoms with Crippen molar-refractivity contribution in [2.45, 2.75) is 53.0 Å². The van der Waals surface area contributed by atoms with Gasteiger partial charge in [-0.25, -0.2) is 4.79 Å². The number of rotatable bonds is 5. The van der Waals surface area contributed by atoms with Gasteiger partial charge in [-0.1, -0.05) is 26.8 Å². The molecule has 5 heteroatoms. The van der Waals surface area contributed by atoms with Crippen LogP contribution in [0, 0.1) is 12.8 Å². The minimum Gasteiger partial charge on any atom is -0.450 e. The molecule has 0 spiro atoms. The molecule has 0 unspecified atom stereocenters. The van der Waals surface area contributed by atoms with Crippen LogP contribution in [0.3, 0.4) is 0 Å². The lowest BCUT2D eigenvalue weighted by Gasteiger charge is -2.24. The summed E-state index contributed by atoms with van der Waals surface area (Å²) in [6.45, 7) is 8.52. The van der Waals surface area contributed by atoms with Crippen molar-refractivity contribution in [1.82, 2.24) is 9.55 Å². The highest BCUT2D eigenvalue weighted by Crippen LogP contribution is 2.40. The standard InChI is InChI=1S/C19H25N3O2/c1-5-14(8-6-12(2)3)22-11-17-18(21-19(22)23)20-15-10-13(4)7-9-16(15)24-17/h7,9-12,14H,5-6,8H2,1-4H3,(H,20,21,23)/t14-/m0/s1. The summed E-state index contributed by atoms with van der Waals surface area (Å²) in [4.78, 5) is 16.7. The van der Waals surface area contributed by atoms with Gasteiger partial charge in [-0.15, -0.1) is 0 Å². The van der Waals surface area contributed by atoms with Gasteiger partial charge < -0.3 is 10.1 Å². The van der Waals surface area contributed by atoms with E-state index in [1.807, 2.05) is 25.1 Å². The number of anilines is 2. The summed E-state index contributed by atoms with van der Waals surface area (Å²) in [7, 11) is 0. The molecule has 0 aliphatic carbocycles. The molecule has 0 fully saturated rings. The summed E-state index contributed by atoms with van der Waals surface area (Å²) in [5, 5.41) is 3.21. The SMILES string of the molecule is CC[C@@H](CCC(C)C)n1cc2c(nc1=O)Nc1cc(C)ccc1O2. The molecule has 0 bridgehead atoms. The molecule has 0 amide bonds. The lowest BCUT2D eigenvalue weighted by Crippen LogP contribution is -2.28. The first-order valence-corrected chi connectivity index (χ1v) is 8.66. The molecule has 5 nitrogen and oxygen atoms in total. The van der Waals surface area contributed by atoms with E-state index in [0.29, 0.717) is 17.5 Å². The molecule has 1 atom stereocenters. The molecular weight excluding hydrogens is 302 g/mol. The summed E-state index contributed by atoms with van der Waals surface area (Å²) in [5.74, 6) is 2.48.